The van der Waals surface area contributed by atoms with Crippen LogP contribution in [0, 0.1) is 3.57 Å². The first kappa shape index (κ1) is 14.4. The molecule has 0 aliphatic rings. The third kappa shape index (κ3) is 3.15. The number of halogens is 4. The number of methoxy groups -OCH3 is 1. The third-order valence-electron chi connectivity index (χ3n) is 1.63. The molecule has 1 aromatic carbocycles. The summed E-state index contributed by atoms with van der Waals surface area (Å²) < 4.78 is 67.0. The fourth-order valence-electron chi connectivity index (χ4n) is 0.888. The summed E-state index contributed by atoms with van der Waals surface area (Å²) in [4.78, 5) is 0. The summed E-state index contributed by atoms with van der Waals surface area (Å²) in [7, 11) is -4.50. The first-order chi connectivity index (χ1) is 7.69. The van der Waals surface area contributed by atoms with Gasteiger partial charge in [-0.1, -0.05) is 6.07 Å². The standard InChI is InChI=1S/C8H6F3IO4S/c1-15-6-4-2-3-5(12)7(6)16-17(13,14)8(9,10)11/h2-4H,1H3. The molecule has 9 heteroatoms. The van der Waals surface area contributed by atoms with E-state index in [1.807, 2.05) is 0 Å². The van der Waals surface area contributed by atoms with Crippen LogP contribution in [0.4, 0.5) is 13.2 Å². The SMILES string of the molecule is COc1cccc(I)c1OS(=O)(=O)C(F)(F)F. The lowest BCUT2D eigenvalue weighted by Gasteiger charge is -2.13. The Kier molecular flexibility index (Phi) is 4.12. The van der Waals surface area contributed by atoms with E-state index in [9.17, 15) is 21.6 Å². The highest BCUT2D eigenvalue weighted by Gasteiger charge is 2.49. The number of ether oxygens (including phenoxy) is 1. The lowest BCUT2D eigenvalue weighted by Crippen LogP contribution is -2.28. The fraction of sp³-hybridized carbons (Fsp3) is 0.250. The van der Waals surface area contributed by atoms with Gasteiger partial charge in [0.2, 0.25) is 0 Å². The molecule has 0 fully saturated rings. The van der Waals surface area contributed by atoms with Gasteiger partial charge in [-0.05, 0) is 34.7 Å². The average molecular weight is 382 g/mol. The van der Waals surface area contributed by atoms with Crippen LogP contribution in [0.5, 0.6) is 11.5 Å². The second-order valence-corrected chi connectivity index (χ2v) is 5.45. The number of benzene rings is 1. The van der Waals surface area contributed by atoms with Crippen LogP contribution < -0.4 is 8.92 Å². The van der Waals surface area contributed by atoms with E-state index in [-0.39, 0.29) is 9.32 Å². The molecule has 0 spiro atoms. The van der Waals surface area contributed by atoms with Crippen molar-refractivity contribution in [3.05, 3.63) is 21.8 Å². The van der Waals surface area contributed by atoms with Crippen LogP contribution in [0.1, 0.15) is 0 Å². The normalized spacial score (nSPS) is 12.3. The van der Waals surface area contributed by atoms with Crippen molar-refractivity contribution in [3.63, 3.8) is 0 Å². The Hall–Kier alpha value is -0.710. The van der Waals surface area contributed by atoms with Gasteiger partial charge in [0.05, 0.1) is 10.7 Å². The van der Waals surface area contributed by atoms with Gasteiger partial charge in [0.25, 0.3) is 0 Å². The van der Waals surface area contributed by atoms with Gasteiger partial charge in [0, 0.05) is 0 Å². The second-order valence-electron chi connectivity index (χ2n) is 2.75. The van der Waals surface area contributed by atoms with Crippen molar-refractivity contribution in [1.82, 2.24) is 0 Å². The number of alkyl halides is 3. The summed E-state index contributed by atoms with van der Waals surface area (Å²) in [5.41, 5.74) is -5.48. The Bertz CT molecular complexity index is 512. The molecular formula is C8H6F3IO4S. The van der Waals surface area contributed by atoms with Crippen LogP contribution in [0.2, 0.25) is 0 Å². The molecule has 0 saturated heterocycles. The molecule has 0 amide bonds. The highest BCUT2D eigenvalue weighted by molar-refractivity contribution is 14.1. The zero-order valence-corrected chi connectivity index (χ0v) is 11.3. The van der Waals surface area contributed by atoms with Crippen LogP contribution in [-0.2, 0) is 10.1 Å². The van der Waals surface area contributed by atoms with Gasteiger partial charge < -0.3 is 8.92 Å². The lowest BCUT2D eigenvalue weighted by atomic mass is 10.3. The van der Waals surface area contributed by atoms with E-state index in [4.69, 9.17) is 4.74 Å². The van der Waals surface area contributed by atoms with Gasteiger partial charge in [-0.3, -0.25) is 0 Å². The van der Waals surface area contributed by atoms with Crippen molar-refractivity contribution in [3.8, 4) is 11.5 Å². The van der Waals surface area contributed by atoms with E-state index in [2.05, 4.69) is 4.18 Å². The highest BCUT2D eigenvalue weighted by atomic mass is 127. The second kappa shape index (κ2) is 4.88. The first-order valence-electron chi connectivity index (χ1n) is 4.02. The molecule has 17 heavy (non-hydrogen) atoms. The lowest BCUT2D eigenvalue weighted by molar-refractivity contribution is -0.0500. The first-order valence-corrected chi connectivity index (χ1v) is 6.51. The van der Waals surface area contributed by atoms with Crippen LogP contribution in [0.3, 0.4) is 0 Å². The molecule has 96 valence electrons. The van der Waals surface area contributed by atoms with Crippen LogP contribution in [0.25, 0.3) is 0 Å². The van der Waals surface area contributed by atoms with Gasteiger partial charge in [-0.2, -0.15) is 21.6 Å². The Balaban J connectivity index is 3.21. The summed E-state index contributed by atoms with van der Waals surface area (Å²) >= 11 is 1.64. The van der Waals surface area contributed by atoms with E-state index in [1.54, 1.807) is 22.6 Å². The summed E-state index contributed by atoms with van der Waals surface area (Å²) in [6, 6.07) is 4.18. The molecule has 0 saturated carbocycles. The third-order valence-corrected chi connectivity index (χ3v) is 3.43. The Morgan fingerprint density at radius 2 is 1.88 bits per heavy atom. The van der Waals surface area contributed by atoms with Gasteiger partial charge in [0.15, 0.2) is 11.5 Å². The molecule has 0 radical (unpaired) electrons. The van der Waals surface area contributed by atoms with E-state index in [0.717, 1.165) is 0 Å². The summed E-state index contributed by atoms with van der Waals surface area (Å²) in [5, 5.41) is 0. The number of hydrogen-bond acceptors (Lipinski definition) is 4. The molecular weight excluding hydrogens is 376 g/mol. The quantitative estimate of drug-likeness (QED) is 0.458. The molecule has 0 N–H and O–H groups in total. The minimum Gasteiger partial charge on any atom is -0.493 e. The van der Waals surface area contributed by atoms with Gasteiger partial charge in [-0.25, -0.2) is 0 Å². The molecule has 4 nitrogen and oxygen atoms in total. The van der Waals surface area contributed by atoms with E-state index in [1.165, 1.54) is 25.3 Å². The largest absolute Gasteiger partial charge is 0.534 e. The van der Waals surface area contributed by atoms with Crippen molar-refractivity contribution in [2.45, 2.75) is 5.51 Å². The smallest absolute Gasteiger partial charge is 0.493 e. The van der Waals surface area contributed by atoms with E-state index < -0.39 is 21.4 Å². The minimum atomic E-state index is -5.69. The summed E-state index contributed by atoms with van der Waals surface area (Å²) in [5.74, 6) is -0.572. The minimum absolute atomic E-state index is 0.0928. The Labute approximate surface area is 109 Å². The van der Waals surface area contributed by atoms with Gasteiger partial charge in [0.1, 0.15) is 0 Å². The summed E-state index contributed by atoms with van der Waals surface area (Å²) in [6.45, 7) is 0. The fourth-order valence-corrected chi connectivity index (χ4v) is 2.11. The number of para-hydroxylation sites is 1. The van der Waals surface area contributed by atoms with Gasteiger partial charge in [-0.15, -0.1) is 0 Å². The van der Waals surface area contributed by atoms with Crippen LogP contribution in [0.15, 0.2) is 18.2 Å². The maximum atomic E-state index is 12.1. The monoisotopic (exact) mass is 382 g/mol. The topological polar surface area (TPSA) is 52.6 Å². The molecule has 0 aliphatic carbocycles. The summed E-state index contributed by atoms with van der Waals surface area (Å²) in [6.07, 6.45) is 0. The molecule has 0 unspecified atom stereocenters. The van der Waals surface area contributed by atoms with Crippen LogP contribution in [-0.4, -0.2) is 21.0 Å². The average Bonchev–Trinajstić information content (AvgIpc) is 2.19. The van der Waals surface area contributed by atoms with Crippen molar-refractivity contribution < 1.29 is 30.5 Å². The molecule has 0 atom stereocenters. The van der Waals surface area contributed by atoms with Crippen LogP contribution >= 0.6 is 22.6 Å². The van der Waals surface area contributed by atoms with Crippen molar-refractivity contribution >= 4 is 32.7 Å². The van der Waals surface area contributed by atoms with E-state index >= 15 is 0 Å². The predicted molar refractivity (Wildman–Crippen MR) is 61.3 cm³/mol. The number of hydrogen-bond donors (Lipinski definition) is 0. The zero-order chi connectivity index (χ0) is 13.3. The number of rotatable bonds is 3. The molecule has 0 aromatic heterocycles. The molecule has 1 rings (SSSR count). The van der Waals surface area contributed by atoms with Gasteiger partial charge >= 0.3 is 15.6 Å². The maximum absolute atomic E-state index is 12.1. The van der Waals surface area contributed by atoms with E-state index in [0.29, 0.717) is 0 Å². The highest BCUT2D eigenvalue weighted by Crippen LogP contribution is 2.36. The molecule has 1 aromatic rings. The van der Waals surface area contributed by atoms with Crippen molar-refractivity contribution in [1.29, 1.82) is 0 Å². The Morgan fingerprint density at radius 3 is 2.35 bits per heavy atom. The Morgan fingerprint density at radius 1 is 1.29 bits per heavy atom. The maximum Gasteiger partial charge on any atom is 0.534 e. The predicted octanol–water partition coefficient (Wildman–Crippen LogP) is 2.53. The molecule has 0 aliphatic heterocycles. The van der Waals surface area contributed by atoms with Crippen molar-refractivity contribution in [2.24, 2.45) is 0 Å². The molecule has 0 heterocycles. The zero-order valence-electron chi connectivity index (χ0n) is 8.29. The molecule has 0 bridgehead atoms. The van der Waals surface area contributed by atoms with Crippen molar-refractivity contribution in [2.75, 3.05) is 7.11 Å².